The van der Waals surface area contributed by atoms with Gasteiger partial charge in [-0.15, -0.1) is 0 Å². The van der Waals surface area contributed by atoms with E-state index in [0.29, 0.717) is 51.3 Å². The van der Waals surface area contributed by atoms with Crippen molar-refractivity contribution >= 4 is 22.8 Å². The van der Waals surface area contributed by atoms with Gasteiger partial charge in [-0.1, -0.05) is 6.07 Å². The third-order valence-corrected chi connectivity index (χ3v) is 7.46. The number of rotatable bonds is 8. The van der Waals surface area contributed by atoms with E-state index in [4.69, 9.17) is 15.0 Å². The molecule has 0 spiro atoms. The van der Waals surface area contributed by atoms with Gasteiger partial charge in [0.25, 0.3) is 0 Å². The normalized spacial score (nSPS) is 20.5. The minimum absolute atomic E-state index is 0.0723. The number of fused-ring (bicyclic) bond motifs is 1. The number of aromatic nitrogens is 3. The molecule has 9 heteroatoms. The molecule has 0 radical (unpaired) electrons. The lowest BCUT2D eigenvalue weighted by molar-refractivity contribution is -0.138. The summed E-state index contributed by atoms with van der Waals surface area (Å²) in [6.07, 6.45) is 9.55. The molecule has 2 aromatic heterocycles. The SMILES string of the molecule is N#CCCCOc1cccc2c1ccn2-c1ccnc(N[C@H]2CC[C@H](C(=O)N3CCC(O)CC3)CC2)n1. The van der Waals surface area contributed by atoms with Crippen LogP contribution >= 0.6 is 0 Å². The summed E-state index contributed by atoms with van der Waals surface area (Å²) in [4.78, 5) is 24.1. The molecular weight excluding hydrogens is 468 g/mol. The molecule has 194 valence electrons. The molecule has 1 aliphatic carbocycles. The number of anilines is 1. The van der Waals surface area contributed by atoms with E-state index in [1.807, 2.05) is 46.0 Å². The molecule has 0 unspecified atom stereocenters. The highest BCUT2D eigenvalue weighted by Crippen LogP contribution is 2.30. The van der Waals surface area contributed by atoms with Crippen molar-refractivity contribution in [2.45, 2.75) is 63.5 Å². The molecule has 5 rings (SSSR count). The van der Waals surface area contributed by atoms with Gasteiger partial charge in [0.1, 0.15) is 11.6 Å². The number of benzene rings is 1. The predicted molar refractivity (Wildman–Crippen MR) is 140 cm³/mol. The first-order valence-corrected chi connectivity index (χ1v) is 13.3. The zero-order valence-corrected chi connectivity index (χ0v) is 21.1. The van der Waals surface area contributed by atoms with Crippen molar-refractivity contribution in [2.24, 2.45) is 5.92 Å². The van der Waals surface area contributed by atoms with Gasteiger partial charge in [-0.2, -0.15) is 10.2 Å². The average Bonchev–Trinajstić information content (AvgIpc) is 3.37. The number of hydrogen-bond donors (Lipinski definition) is 2. The van der Waals surface area contributed by atoms with Crippen molar-refractivity contribution in [2.75, 3.05) is 25.0 Å². The summed E-state index contributed by atoms with van der Waals surface area (Å²) in [7, 11) is 0. The molecule has 1 saturated heterocycles. The maximum absolute atomic E-state index is 12.9. The van der Waals surface area contributed by atoms with Gasteiger partial charge in [-0.05, 0) is 69.2 Å². The van der Waals surface area contributed by atoms with Crippen LogP contribution in [0.2, 0.25) is 0 Å². The van der Waals surface area contributed by atoms with Gasteiger partial charge in [0.15, 0.2) is 0 Å². The summed E-state index contributed by atoms with van der Waals surface area (Å²) in [6, 6.07) is 12.2. The summed E-state index contributed by atoms with van der Waals surface area (Å²) >= 11 is 0. The maximum atomic E-state index is 12.9. The van der Waals surface area contributed by atoms with E-state index < -0.39 is 0 Å². The van der Waals surface area contributed by atoms with Crippen LogP contribution in [0, 0.1) is 17.2 Å². The zero-order valence-electron chi connectivity index (χ0n) is 21.1. The second kappa shape index (κ2) is 11.6. The zero-order chi connectivity index (χ0) is 25.6. The Kier molecular flexibility index (Phi) is 7.85. The second-order valence-corrected chi connectivity index (χ2v) is 9.97. The van der Waals surface area contributed by atoms with Crippen molar-refractivity contribution in [1.82, 2.24) is 19.4 Å². The van der Waals surface area contributed by atoms with Crippen LogP contribution in [0.5, 0.6) is 5.75 Å². The molecule has 2 fully saturated rings. The molecular formula is C28H34N6O3. The van der Waals surface area contributed by atoms with Gasteiger partial charge in [-0.25, -0.2) is 4.98 Å². The maximum Gasteiger partial charge on any atom is 0.225 e. The molecule has 9 nitrogen and oxygen atoms in total. The molecule has 1 saturated carbocycles. The Labute approximate surface area is 217 Å². The highest BCUT2D eigenvalue weighted by Gasteiger charge is 2.31. The number of unbranched alkanes of at least 4 members (excludes halogenated alkanes) is 1. The van der Waals surface area contributed by atoms with E-state index in [9.17, 15) is 9.90 Å². The van der Waals surface area contributed by atoms with E-state index in [-0.39, 0.29) is 24.0 Å². The number of nitrogens with zero attached hydrogens (tertiary/aromatic N) is 5. The summed E-state index contributed by atoms with van der Waals surface area (Å²) in [5.41, 5.74) is 0.992. The fraction of sp³-hybridized carbons (Fsp3) is 0.500. The van der Waals surface area contributed by atoms with E-state index in [2.05, 4.69) is 16.4 Å². The number of amides is 1. The number of ether oxygens (including phenoxy) is 1. The first-order chi connectivity index (χ1) is 18.1. The number of piperidine rings is 1. The molecule has 1 amide bonds. The third-order valence-electron chi connectivity index (χ3n) is 7.46. The Bertz CT molecular complexity index is 1250. The van der Waals surface area contributed by atoms with Gasteiger partial charge < -0.3 is 24.6 Å². The molecule has 0 atom stereocenters. The lowest BCUT2D eigenvalue weighted by Crippen LogP contribution is -2.44. The van der Waals surface area contributed by atoms with Gasteiger partial charge in [0.05, 0.1) is 24.3 Å². The van der Waals surface area contributed by atoms with Crippen LogP contribution in [-0.2, 0) is 4.79 Å². The number of aliphatic hydroxyl groups excluding tert-OH is 1. The number of likely N-dealkylation sites (tertiary alicyclic amines) is 1. The minimum Gasteiger partial charge on any atom is -0.493 e. The summed E-state index contributed by atoms with van der Waals surface area (Å²) < 4.78 is 7.94. The second-order valence-electron chi connectivity index (χ2n) is 9.97. The van der Waals surface area contributed by atoms with Gasteiger partial charge in [-0.3, -0.25) is 4.79 Å². The molecule has 2 aliphatic rings. The van der Waals surface area contributed by atoms with Crippen molar-refractivity contribution in [3.05, 3.63) is 42.7 Å². The Morgan fingerprint density at radius 1 is 1.14 bits per heavy atom. The summed E-state index contributed by atoms with van der Waals surface area (Å²) in [6.45, 7) is 1.85. The minimum atomic E-state index is -0.264. The van der Waals surface area contributed by atoms with Gasteiger partial charge >= 0.3 is 0 Å². The van der Waals surface area contributed by atoms with Crippen LogP contribution in [0.15, 0.2) is 42.7 Å². The Balaban J connectivity index is 1.20. The molecule has 2 N–H and O–H groups in total. The molecule has 1 aromatic carbocycles. The number of carbonyl (C=O) groups excluding carboxylic acids is 1. The van der Waals surface area contributed by atoms with Crippen LogP contribution in [-0.4, -0.2) is 62.3 Å². The van der Waals surface area contributed by atoms with Crippen LogP contribution in [0.4, 0.5) is 5.95 Å². The van der Waals surface area contributed by atoms with Crippen LogP contribution in [0.3, 0.4) is 0 Å². The standard InChI is InChI=1S/C28H34N6O3/c29-14-1-2-19-37-25-5-3-4-24-23(25)13-18-34(24)26-10-15-30-28(32-26)31-21-8-6-20(7-9-21)27(36)33-16-11-22(35)12-17-33/h3-5,10,13,15,18,20-22,35H,1-2,6-9,11-12,16-17,19H2,(H,30,31,32)/t20-,21-. The average molecular weight is 503 g/mol. The van der Waals surface area contributed by atoms with Crippen molar-refractivity contribution < 1.29 is 14.6 Å². The number of carbonyl (C=O) groups is 1. The number of hydrogen-bond acceptors (Lipinski definition) is 7. The monoisotopic (exact) mass is 502 g/mol. The Morgan fingerprint density at radius 2 is 1.95 bits per heavy atom. The van der Waals surface area contributed by atoms with Crippen molar-refractivity contribution in [1.29, 1.82) is 5.26 Å². The smallest absolute Gasteiger partial charge is 0.225 e. The number of nitrogens with one attached hydrogen (secondary N) is 1. The molecule has 3 aromatic rings. The quantitative estimate of drug-likeness (QED) is 0.446. The van der Waals surface area contributed by atoms with E-state index in [1.54, 1.807) is 6.20 Å². The highest BCUT2D eigenvalue weighted by atomic mass is 16.5. The van der Waals surface area contributed by atoms with Gasteiger partial charge in [0.2, 0.25) is 11.9 Å². The fourth-order valence-corrected chi connectivity index (χ4v) is 5.36. The Morgan fingerprint density at radius 3 is 2.73 bits per heavy atom. The van der Waals surface area contributed by atoms with Crippen LogP contribution in [0.1, 0.15) is 51.4 Å². The van der Waals surface area contributed by atoms with E-state index in [0.717, 1.165) is 48.2 Å². The molecule has 1 aliphatic heterocycles. The largest absolute Gasteiger partial charge is 0.493 e. The fourth-order valence-electron chi connectivity index (χ4n) is 5.36. The number of aliphatic hydroxyl groups is 1. The van der Waals surface area contributed by atoms with Crippen LogP contribution in [0.25, 0.3) is 16.7 Å². The van der Waals surface area contributed by atoms with Crippen LogP contribution < -0.4 is 10.1 Å². The topological polar surface area (TPSA) is 116 Å². The lowest BCUT2D eigenvalue weighted by Gasteiger charge is -2.35. The van der Waals surface area contributed by atoms with Crippen molar-refractivity contribution in [3.8, 4) is 17.6 Å². The molecule has 37 heavy (non-hydrogen) atoms. The first-order valence-electron chi connectivity index (χ1n) is 13.3. The van der Waals surface area contributed by atoms with Crippen molar-refractivity contribution in [3.63, 3.8) is 0 Å². The predicted octanol–water partition coefficient (Wildman–Crippen LogP) is 4.06. The lowest BCUT2D eigenvalue weighted by atomic mass is 9.85. The van der Waals surface area contributed by atoms with E-state index >= 15 is 0 Å². The molecule has 3 heterocycles. The molecule has 0 bridgehead atoms. The Hall–Kier alpha value is -3.64. The summed E-state index contributed by atoms with van der Waals surface area (Å²) in [5, 5.41) is 22.9. The number of nitriles is 1. The summed E-state index contributed by atoms with van der Waals surface area (Å²) in [5.74, 6) is 2.47. The first kappa shape index (κ1) is 25.0. The highest BCUT2D eigenvalue weighted by molar-refractivity contribution is 5.87. The third kappa shape index (κ3) is 5.86. The van der Waals surface area contributed by atoms with Gasteiger partial charge in [0, 0.05) is 49.2 Å². The van der Waals surface area contributed by atoms with E-state index in [1.165, 1.54) is 0 Å².